The summed E-state index contributed by atoms with van der Waals surface area (Å²) in [7, 11) is 0. The number of rotatable bonds is 0. The van der Waals surface area contributed by atoms with Gasteiger partial charge in [-0.05, 0) is 12.1 Å². The van der Waals surface area contributed by atoms with Gasteiger partial charge in [0.2, 0.25) is 0 Å². The molecule has 1 nitrogen and oxygen atoms in total. The lowest BCUT2D eigenvalue weighted by Crippen LogP contribution is -1.58. The highest BCUT2D eigenvalue weighted by molar-refractivity contribution is 4.99. The van der Waals surface area contributed by atoms with Gasteiger partial charge in [-0.15, -0.1) is 0 Å². The van der Waals surface area contributed by atoms with Gasteiger partial charge in [-0.25, -0.2) is 0 Å². The first-order chi connectivity index (χ1) is 11.7. The lowest BCUT2D eigenvalue weighted by atomic mass is 10.4. The molecule has 24 heavy (non-hydrogen) atoms. The molecule has 0 radical (unpaired) electrons. The number of benzene rings is 1. The van der Waals surface area contributed by atoms with Crippen molar-refractivity contribution in [3.05, 3.63) is 67.0 Å². The molecule has 0 saturated heterocycles. The first-order valence-corrected chi connectivity index (χ1v) is 9.51. The van der Waals surface area contributed by atoms with Gasteiger partial charge in [0.05, 0.1) is 0 Å². The molecule has 0 atom stereocenters. The van der Waals surface area contributed by atoms with Crippen LogP contribution in [0.25, 0.3) is 0 Å². The van der Waals surface area contributed by atoms with Crippen LogP contribution in [0, 0.1) is 0 Å². The van der Waals surface area contributed by atoms with E-state index in [1.165, 1.54) is 25.7 Å². The van der Waals surface area contributed by atoms with Crippen LogP contribution >= 0.6 is 0 Å². The quantitative estimate of drug-likeness (QED) is 0.471. The average molecular weight is 334 g/mol. The number of nitrogens with zero attached hydrogens (tertiary/aromatic N) is 1. The summed E-state index contributed by atoms with van der Waals surface area (Å²) in [6, 6.07) is 17.7. The van der Waals surface area contributed by atoms with Gasteiger partial charge < -0.3 is 0 Å². The Labute approximate surface area is 153 Å². The van der Waals surface area contributed by atoms with E-state index in [1.54, 1.807) is 12.4 Å². The van der Waals surface area contributed by atoms with E-state index < -0.39 is 0 Å². The van der Waals surface area contributed by atoms with Crippen molar-refractivity contribution >= 4 is 0 Å². The van der Waals surface area contributed by atoms with Crippen LogP contribution < -0.4 is 0 Å². The second-order valence-electron chi connectivity index (χ2n) is 5.01. The molecule has 0 fully saturated rings. The molecule has 0 spiro atoms. The van der Waals surface area contributed by atoms with Gasteiger partial charge in [0.15, 0.2) is 0 Å². The van der Waals surface area contributed by atoms with Gasteiger partial charge in [0.1, 0.15) is 0 Å². The van der Waals surface area contributed by atoms with Crippen molar-refractivity contribution in [1.29, 1.82) is 0 Å². The summed E-state index contributed by atoms with van der Waals surface area (Å²) in [6.07, 6.45) is 8.50. The smallest absolute Gasteiger partial charge is 0.0267 e. The van der Waals surface area contributed by atoms with Gasteiger partial charge >= 0.3 is 0 Å². The molecule has 0 aliphatic rings. The Morgan fingerprint density at radius 3 is 0.625 bits per heavy atom. The van der Waals surface area contributed by atoms with E-state index in [-0.39, 0.29) is 0 Å². The predicted octanol–water partition coefficient (Wildman–Crippen LogP) is 8.43. The van der Waals surface area contributed by atoms with Crippen LogP contribution in [0.1, 0.15) is 81.1 Å². The molecule has 1 aromatic carbocycles. The Bertz CT molecular complexity index is 225. The second kappa shape index (κ2) is 42.9. The lowest BCUT2D eigenvalue weighted by Gasteiger charge is -1.70. The fourth-order valence-corrected chi connectivity index (χ4v) is 0.698. The van der Waals surface area contributed by atoms with Crippen molar-refractivity contribution in [2.45, 2.75) is 81.1 Å². The zero-order valence-corrected chi connectivity index (χ0v) is 17.6. The van der Waals surface area contributed by atoms with Crippen LogP contribution in [0.5, 0.6) is 0 Å². The maximum atomic E-state index is 3.78. The molecule has 2 aromatic rings. The van der Waals surface area contributed by atoms with Crippen LogP contribution in [0.4, 0.5) is 0 Å². The molecule has 2 rings (SSSR count). The first kappa shape index (κ1) is 30.3. The molecular weight excluding hydrogens is 290 g/mol. The minimum Gasteiger partial charge on any atom is -0.265 e. The second-order valence-corrected chi connectivity index (χ2v) is 5.01. The van der Waals surface area contributed by atoms with Crippen LogP contribution in [-0.4, -0.2) is 4.98 Å². The minimum atomic E-state index is 1.25. The molecule has 0 unspecified atom stereocenters. The largest absolute Gasteiger partial charge is 0.265 e. The predicted molar refractivity (Wildman–Crippen MR) is 115 cm³/mol. The van der Waals surface area contributed by atoms with Crippen LogP contribution in [0.15, 0.2) is 67.0 Å². The molecule has 0 N–H and O–H groups in total. The number of hydrogen-bond donors (Lipinski definition) is 0. The maximum Gasteiger partial charge on any atom is 0.0267 e. The van der Waals surface area contributed by atoms with E-state index >= 15 is 0 Å². The van der Waals surface area contributed by atoms with Crippen LogP contribution in [0.2, 0.25) is 0 Å². The Morgan fingerprint density at radius 2 is 0.542 bits per heavy atom. The van der Waals surface area contributed by atoms with Crippen molar-refractivity contribution in [1.82, 2.24) is 4.98 Å². The van der Waals surface area contributed by atoms with Gasteiger partial charge in [-0.3, -0.25) is 4.98 Å². The third kappa shape index (κ3) is 71.1. The zero-order chi connectivity index (χ0) is 19.3. The van der Waals surface area contributed by atoms with Gasteiger partial charge in [-0.1, -0.05) is 124 Å². The highest BCUT2D eigenvalue weighted by Crippen LogP contribution is 1.80. The van der Waals surface area contributed by atoms with E-state index in [0.29, 0.717) is 0 Å². The molecule has 1 heteroatoms. The molecule has 1 aromatic heterocycles. The summed E-state index contributed by atoms with van der Waals surface area (Å²) in [6.45, 7) is 17.0. The van der Waals surface area contributed by atoms with Crippen molar-refractivity contribution in [3.63, 3.8) is 0 Å². The summed E-state index contributed by atoms with van der Waals surface area (Å²) in [5, 5.41) is 0. The number of hydrogen-bond acceptors (Lipinski definition) is 1. The van der Waals surface area contributed by atoms with Crippen molar-refractivity contribution < 1.29 is 0 Å². The molecule has 0 amide bonds. The first-order valence-electron chi connectivity index (χ1n) is 9.51. The summed E-state index contributed by atoms with van der Waals surface area (Å²) in [5.41, 5.74) is 0. The zero-order valence-electron chi connectivity index (χ0n) is 17.6. The molecule has 140 valence electrons. The summed E-state index contributed by atoms with van der Waals surface area (Å²) in [5.74, 6) is 0. The number of aromatic nitrogens is 1. The van der Waals surface area contributed by atoms with E-state index in [1.807, 2.05) is 54.6 Å². The Hall–Kier alpha value is -1.63. The highest BCUT2D eigenvalue weighted by Gasteiger charge is 1.58. The topological polar surface area (TPSA) is 12.9 Å². The fourth-order valence-electron chi connectivity index (χ4n) is 0.698. The van der Waals surface area contributed by atoms with E-state index in [4.69, 9.17) is 0 Å². The summed E-state index contributed by atoms with van der Waals surface area (Å²) < 4.78 is 0. The lowest BCUT2D eigenvalue weighted by molar-refractivity contribution is 1.09. The minimum absolute atomic E-state index is 1.25. The van der Waals surface area contributed by atoms with Crippen molar-refractivity contribution in [2.75, 3.05) is 0 Å². The molecule has 0 saturated carbocycles. The van der Waals surface area contributed by atoms with Crippen LogP contribution in [-0.2, 0) is 0 Å². The highest BCUT2D eigenvalue weighted by atomic mass is 14.6. The van der Waals surface area contributed by atoms with Crippen molar-refractivity contribution in [2.24, 2.45) is 0 Å². The standard InChI is InChI=1S/C6H6.C5H5N.4C3H8/c2*1-2-4-6-5-3-1;4*1-3-2/h1-6H;1-5H;4*3H2,1-2H3. The van der Waals surface area contributed by atoms with E-state index in [2.05, 4.69) is 60.4 Å². The molecule has 0 aliphatic heterocycles. The SMILES string of the molecule is CCC.CCC.CCC.CCC.c1ccccc1.c1ccncc1. The van der Waals surface area contributed by atoms with Crippen LogP contribution in [0.3, 0.4) is 0 Å². The van der Waals surface area contributed by atoms with E-state index in [0.717, 1.165) is 0 Å². The van der Waals surface area contributed by atoms with Crippen molar-refractivity contribution in [3.8, 4) is 0 Å². The molecule has 0 bridgehead atoms. The fraction of sp³-hybridized carbons (Fsp3) is 0.522. The number of pyridine rings is 1. The Morgan fingerprint density at radius 1 is 0.375 bits per heavy atom. The monoisotopic (exact) mass is 333 g/mol. The maximum absolute atomic E-state index is 3.78. The average Bonchev–Trinajstić information content (AvgIpc) is 2.61. The van der Waals surface area contributed by atoms with E-state index in [9.17, 15) is 0 Å². The van der Waals surface area contributed by atoms with Gasteiger partial charge in [-0.2, -0.15) is 0 Å². The summed E-state index contributed by atoms with van der Waals surface area (Å²) in [4.78, 5) is 3.78. The Kier molecular flexibility index (Phi) is 54.2. The third-order valence-electron chi connectivity index (χ3n) is 1.23. The molecule has 0 aliphatic carbocycles. The summed E-state index contributed by atoms with van der Waals surface area (Å²) >= 11 is 0. The molecule has 1 heterocycles. The molecular formula is C23H43N. The van der Waals surface area contributed by atoms with Gasteiger partial charge in [0, 0.05) is 12.4 Å². The normalized spacial score (nSPS) is 7.00. The third-order valence-corrected chi connectivity index (χ3v) is 1.23. The Balaban J connectivity index is -0.000000105. The van der Waals surface area contributed by atoms with Gasteiger partial charge in [0.25, 0.3) is 0 Å².